The van der Waals surface area contributed by atoms with Crippen molar-refractivity contribution in [2.75, 3.05) is 11.5 Å². The van der Waals surface area contributed by atoms with E-state index in [-0.39, 0.29) is 6.79 Å². The van der Waals surface area contributed by atoms with Gasteiger partial charge in [0.1, 0.15) is 0 Å². The molecule has 1 heterocycles. The van der Waals surface area contributed by atoms with Crippen molar-refractivity contribution >= 4 is 17.0 Å². The topological polar surface area (TPSA) is 70.6 Å². The summed E-state index contributed by atoms with van der Waals surface area (Å²) in [4.78, 5) is 0. The quantitative estimate of drug-likeness (QED) is 0.710. The van der Waals surface area contributed by atoms with Gasteiger partial charge in [-0.25, -0.2) is 0 Å². The Hall–Kier alpha value is -1.27. The fourth-order valence-electron chi connectivity index (χ4n) is 1.10. The van der Waals surface area contributed by atoms with Gasteiger partial charge in [-0.2, -0.15) is 0 Å². The Morgan fingerprint density at radius 2 is 2.31 bits per heavy atom. The minimum Gasteiger partial charge on any atom is -0.755 e. The third-order valence-electron chi connectivity index (χ3n) is 1.59. The van der Waals surface area contributed by atoms with E-state index in [4.69, 9.17) is 9.47 Å². The molecule has 1 N–H and O–H groups in total. The molecule has 0 saturated carbocycles. The van der Waals surface area contributed by atoms with Crippen molar-refractivity contribution in [3.63, 3.8) is 0 Å². The SMILES string of the molecule is O=S([O-])Nc1cccc2c1OCO2. The molecule has 0 amide bonds. The van der Waals surface area contributed by atoms with Crippen LogP contribution in [-0.2, 0) is 11.3 Å². The van der Waals surface area contributed by atoms with Crippen molar-refractivity contribution in [2.24, 2.45) is 0 Å². The monoisotopic (exact) mass is 200 g/mol. The molecule has 1 unspecified atom stereocenters. The van der Waals surface area contributed by atoms with Gasteiger partial charge < -0.3 is 18.7 Å². The number of nitrogens with one attached hydrogen (secondary N) is 1. The van der Waals surface area contributed by atoms with Crippen molar-refractivity contribution in [3.8, 4) is 11.5 Å². The summed E-state index contributed by atoms with van der Waals surface area (Å²) in [6, 6.07) is 4.99. The average molecular weight is 200 g/mol. The van der Waals surface area contributed by atoms with Gasteiger partial charge in [0.15, 0.2) is 11.5 Å². The van der Waals surface area contributed by atoms with Crippen molar-refractivity contribution in [3.05, 3.63) is 18.2 Å². The Kier molecular flexibility index (Phi) is 2.07. The number of ether oxygens (including phenoxy) is 2. The minimum absolute atomic E-state index is 0.125. The maximum absolute atomic E-state index is 10.4. The standard InChI is InChI=1S/C7H7NO4S/c9-13(10)8-5-2-1-3-6-7(5)12-4-11-6/h1-3,8H,4H2,(H,9,10)/p-1. The van der Waals surface area contributed by atoms with Crippen LogP contribution in [0.1, 0.15) is 0 Å². The van der Waals surface area contributed by atoms with Crippen molar-refractivity contribution in [1.82, 2.24) is 0 Å². The summed E-state index contributed by atoms with van der Waals surface area (Å²) >= 11 is -2.34. The van der Waals surface area contributed by atoms with Crippen LogP contribution in [0.15, 0.2) is 18.2 Å². The molecule has 1 aliphatic heterocycles. The van der Waals surface area contributed by atoms with Crippen LogP contribution in [0.25, 0.3) is 0 Å². The summed E-state index contributed by atoms with van der Waals surface area (Å²) in [6.07, 6.45) is 0. The number of benzene rings is 1. The van der Waals surface area contributed by atoms with Crippen LogP contribution in [-0.4, -0.2) is 15.6 Å². The Morgan fingerprint density at radius 3 is 3.08 bits per heavy atom. The van der Waals surface area contributed by atoms with Gasteiger partial charge in [0.25, 0.3) is 0 Å². The van der Waals surface area contributed by atoms with Crippen LogP contribution in [0.2, 0.25) is 0 Å². The second kappa shape index (κ2) is 3.23. The molecule has 0 saturated heterocycles. The third kappa shape index (κ3) is 1.58. The Morgan fingerprint density at radius 1 is 1.46 bits per heavy atom. The summed E-state index contributed by atoms with van der Waals surface area (Å²) in [7, 11) is 0. The van der Waals surface area contributed by atoms with Gasteiger partial charge >= 0.3 is 0 Å². The zero-order valence-electron chi connectivity index (χ0n) is 6.48. The first-order chi connectivity index (χ1) is 6.27. The smallest absolute Gasteiger partial charge is 0.231 e. The molecule has 0 aliphatic carbocycles. The number of fused-ring (bicyclic) bond motifs is 1. The van der Waals surface area contributed by atoms with E-state index < -0.39 is 11.3 Å². The van der Waals surface area contributed by atoms with E-state index in [0.29, 0.717) is 17.2 Å². The van der Waals surface area contributed by atoms with Crippen LogP contribution in [0, 0.1) is 0 Å². The Bertz CT molecular complexity index is 354. The molecule has 13 heavy (non-hydrogen) atoms. The van der Waals surface area contributed by atoms with E-state index in [0.717, 1.165) is 0 Å². The van der Waals surface area contributed by atoms with Gasteiger partial charge in [-0.05, 0) is 12.1 Å². The highest BCUT2D eigenvalue weighted by Crippen LogP contribution is 2.38. The van der Waals surface area contributed by atoms with E-state index >= 15 is 0 Å². The summed E-state index contributed by atoms with van der Waals surface area (Å²) in [5.41, 5.74) is 0.392. The number of rotatable bonds is 2. The lowest BCUT2D eigenvalue weighted by Gasteiger charge is -2.10. The van der Waals surface area contributed by atoms with Crippen molar-refractivity contribution < 1.29 is 18.2 Å². The van der Waals surface area contributed by atoms with Gasteiger partial charge in [0.05, 0.1) is 5.69 Å². The fourth-order valence-corrected chi connectivity index (χ4v) is 1.44. The van der Waals surface area contributed by atoms with Gasteiger partial charge in [0, 0.05) is 11.3 Å². The Labute approximate surface area is 77.1 Å². The highest BCUT2D eigenvalue weighted by molar-refractivity contribution is 7.80. The predicted octanol–water partition coefficient (Wildman–Crippen LogP) is 0.621. The number of hydrogen-bond donors (Lipinski definition) is 1. The van der Waals surface area contributed by atoms with Crippen LogP contribution < -0.4 is 14.2 Å². The molecule has 0 bridgehead atoms. The predicted molar refractivity (Wildman–Crippen MR) is 45.1 cm³/mol. The summed E-state index contributed by atoms with van der Waals surface area (Å²) in [6.45, 7) is 0.125. The van der Waals surface area contributed by atoms with Gasteiger partial charge in [-0.3, -0.25) is 4.21 Å². The number of para-hydroxylation sites is 1. The third-order valence-corrected chi connectivity index (χ3v) is 1.98. The maximum Gasteiger partial charge on any atom is 0.231 e. The minimum atomic E-state index is -2.34. The van der Waals surface area contributed by atoms with Crippen LogP contribution in [0.4, 0.5) is 5.69 Å². The largest absolute Gasteiger partial charge is 0.755 e. The summed E-state index contributed by atoms with van der Waals surface area (Å²) < 4.78 is 33.1. The van der Waals surface area contributed by atoms with Gasteiger partial charge in [0.2, 0.25) is 6.79 Å². The second-order valence-corrected chi connectivity index (χ2v) is 3.05. The molecule has 1 atom stereocenters. The summed E-state index contributed by atoms with van der Waals surface area (Å²) in [5, 5.41) is 0. The second-order valence-electron chi connectivity index (χ2n) is 2.38. The van der Waals surface area contributed by atoms with E-state index in [1.165, 1.54) is 0 Å². The normalized spacial score (nSPS) is 15.5. The molecule has 6 heteroatoms. The van der Waals surface area contributed by atoms with Crippen LogP contribution >= 0.6 is 0 Å². The first-order valence-electron chi connectivity index (χ1n) is 3.52. The van der Waals surface area contributed by atoms with Gasteiger partial charge in [-0.15, -0.1) is 0 Å². The zero-order valence-corrected chi connectivity index (χ0v) is 7.30. The molecule has 0 aromatic heterocycles. The lowest BCUT2D eigenvalue weighted by atomic mass is 10.3. The summed E-state index contributed by atoms with van der Waals surface area (Å²) in [5.74, 6) is 0.988. The molecule has 1 aromatic rings. The number of hydrogen-bond acceptors (Lipinski definition) is 4. The fraction of sp³-hybridized carbons (Fsp3) is 0.143. The molecule has 1 aromatic carbocycles. The molecule has 0 radical (unpaired) electrons. The van der Waals surface area contributed by atoms with Crippen molar-refractivity contribution in [2.45, 2.75) is 0 Å². The molecule has 5 nitrogen and oxygen atoms in total. The maximum atomic E-state index is 10.4. The number of anilines is 1. The van der Waals surface area contributed by atoms with Gasteiger partial charge in [-0.1, -0.05) is 6.07 Å². The molecule has 0 spiro atoms. The Balaban J connectivity index is 2.36. The van der Waals surface area contributed by atoms with Crippen LogP contribution in [0.3, 0.4) is 0 Å². The lowest BCUT2D eigenvalue weighted by molar-refractivity contribution is 0.174. The molecule has 70 valence electrons. The highest BCUT2D eigenvalue weighted by atomic mass is 32.2. The van der Waals surface area contributed by atoms with E-state index in [1.54, 1.807) is 18.2 Å². The highest BCUT2D eigenvalue weighted by Gasteiger charge is 2.16. The zero-order chi connectivity index (χ0) is 9.26. The first-order valence-corrected chi connectivity index (χ1v) is 4.59. The molecular weight excluding hydrogens is 194 g/mol. The van der Waals surface area contributed by atoms with Crippen LogP contribution in [0.5, 0.6) is 11.5 Å². The van der Waals surface area contributed by atoms with E-state index in [2.05, 4.69) is 4.72 Å². The average Bonchev–Trinajstić information content (AvgIpc) is 2.51. The molecule has 0 fully saturated rings. The van der Waals surface area contributed by atoms with Crippen molar-refractivity contribution in [1.29, 1.82) is 0 Å². The molecular formula is C7H6NO4S-. The molecule has 1 aliphatic rings. The molecule has 2 rings (SSSR count). The van der Waals surface area contributed by atoms with E-state index in [9.17, 15) is 8.76 Å². The first kappa shape index (κ1) is 8.33. The lowest BCUT2D eigenvalue weighted by Crippen LogP contribution is -2.03. The van der Waals surface area contributed by atoms with E-state index in [1.807, 2.05) is 0 Å².